The van der Waals surface area contributed by atoms with Crippen LogP contribution in [-0.4, -0.2) is 24.2 Å². The van der Waals surface area contributed by atoms with Crippen LogP contribution in [0.2, 0.25) is 10.0 Å². The van der Waals surface area contributed by atoms with Gasteiger partial charge in [-0.15, -0.1) is 0 Å². The minimum atomic E-state index is 0.111. The Labute approximate surface area is 113 Å². The molecule has 0 aliphatic rings. The molecule has 0 heterocycles. The second-order valence-electron chi connectivity index (χ2n) is 3.88. The van der Waals surface area contributed by atoms with Crippen LogP contribution in [0.15, 0.2) is 18.2 Å². The smallest absolute Gasteiger partial charge is 0.108 e. The van der Waals surface area contributed by atoms with Crippen LogP contribution in [0.1, 0.15) is 26.3 Å². The van der Waals surface area contributed by atoms with Crippen LogP contribution in [-0.2, 0) is 11.3 Å². The molecule has 0 fully saturated rings. The first-order chi connectivity index (χ1) is 8.08. The van der Waals surface area contributed by atoms with Gasteiger partial charge in [0.05, 0.1) is 16.7 Å². The maximum atomic E-state index is 5.95. The Kier molecular flexibility index (Phi) is 6.28. The van der Waals surface area contributed by atoms with Crippen molar-refractivity contribution in [2.24, 2.45) is 0 Å². The first kappa shape index (κ1) is 14.8. The minimum absolute atomic E-state index is 0.111. The highest BCUT2D eigenvalue weighted by molar-refractivity contribution is 6.41. The predicted octanol–water partition coefficient (Wildman–Crippen LogP) is 4.20. The summed E-state index contributed by atoms with van der Waals surface area (Å²) in [5.41, 5.74) is 1.04. The van der Waals surface area contributed by atoms with Crippen LogP contribution >= 0.6 is 23.2 Å². The standard InChI is InChI=1S/C13H19Cl2NO/c1-4-16(5-2)10(3)17-9-11-6-7-12(14)13(15)8-11/h6-8,10H,4-5,9H2,1-3H3. The highest BCUT2D eigenvalue weighted by Crippen LogP contribution is 2.23. The lowest BCUT2D eigenvalue weighted by Gasteiger charge is -2.26. The molecule has 96 valence electrons. The van der Waals surface area contributed by atoms with Crippen molar-refractivity contribution in [2.75, 3.05) is 13.1 Å². The van der Waals surface area contributed by atoms with E-state index >= 15 is 0 Å². The van der Waals surface area contributed by atoms with E-state index in [-0.39, 0.29) is 6.23 Å². The molecule has 0 saturated carbocycles. The molecule has 0 bridgehead atoms. The van der Waals surface area contributed by atoms with Gasteiger partial charge in [0.1, 0.15) is 6.23 Å². The van der Waals surface area contributed by atoms with Crippen molar-refractivity contribution in [3.05, 3.63) is 33.8 Å². The fraction of sp³-hybridized carbons (Fsp3) is 0.538. The lowest BCUT2D eigenvalue weighted by Crippen LogP contribution is -2.34. The predicted molar refractivity (Wildman–Crippen MR) is 73.6 cm³/mol. The minimum Gasteiger partial charge on any atom is -0.359 e. The number of hydrogen-bond acceptors (Lipinski definition) is 2. The van der Waals surface area contributed by atoms with Crippen LogP contribution in [0.25, 0.3) is 0 Å². The Morgan fingerprint density at radius 2 is 1.82 bits per heavy atom. The summed E-state index contributed by atoms with van der Waals surface area (Å²) in [4.78, 5) is 2.25. The maximum absolute atomic E-state index is 5.95. The number of nitrogens with zero attached hydrogens (tertiary/aromatic N) is 1. The van der Waals surface area contributed by atoms with Crippen molar-refractivity contribution in [1.82, 2.24) is 4.90 Å². The normalized spacial score (nSPS) is 13.1. The first-order valence-corrected chi connectivity index (χ1v) is 6.63. The Bertz CT molecular complexity index is 353. The zero-order valence-electron chi connectivity index (χ0n) is 10.5. The molecule has 0 aliphatic heterocycles. The summed E-state index contributed by atoms with van der Waals surface area (Å²) >= 11 is 11.8. The zero-order valence-corrected chi connectivity index (χ0v) is 12.1. The topological polar surface area (TPSA) is 12.5 Å². The van der Waals surface area contributed by atoms with Gasteiger partial charge in [-0.2, -0.15) is 0 Å². The van der Waals surface area contributed by atoms with Crippen LogP contribution in [0, 0.1) is 0 Å². The van der Waals surface area contributed by atoms with E-state index in [2.05, 4.69) is 25.7 Å². The Morgan fingerprint density at radius 3 is 2.35 bits per heavy atom. The largest absolute Gasteiger partial charge is 0.359 e. The van der Waals surface area contributed by atoms with Crippen molar-refractivity contribution >= 4 is 23.2 Å². The van der Waals surface area contributed by atoms with Crippen LogP contribution in [0.3, 0.4) is 0 Å². The Hall–Kier alpha value is -0.280. The molecule has 1 unspecified atom stereocenters. The Balaban J connectivity index is 2.52. The quantitative estimate of drug-likeness (QED) is 0.722. The van der Waals surface area contributed by atoms with Gasteiger partial charge >= 0.3 is 0 Å². The maximum Gasteiger partial charge on any atom is 0.108 e. The second-order valence-corrected chi connectivity index (χ2v) is 4.69. The molecule has 2 nitrogen and oxygen atoms in total. The van der Waals surface area contributed by atoms with Crippen LogP contribution in [0.4, 0.5) is 0 Å². The van der Waals surface area contributed by atoms with Crippen LogP contribution in [0.5, 0.6) is 0 Å². The molecular weight excluding hydrogens is 257 g/mol. The molecular formula is C13H19Cl2NO. The highest BCUT2D eigenvalue weighted by atomic mass is 35.5. The van der Waals surface area contributed by atoms with E-state index in [1.165, 1.54) is 0 Å². The third-order valence-corrected chi connectivity index (χ3v) is 3.54. The molecule has 4 heteroatoms. The van der Waals surface area contributed by atoms with Gasteiger partial charge in [0.2, 0.25) is 0 Å². The van der Waals surface area contributed by atoms with Gasteiger partial charge < -0.3 is 4.74 Å². The van der Waals surface area contributed by atoms with Crippen molar-refractivity contribution in [3.63, 3.8) is 0 Å². The fourth-order valence-electron chi connectivity index (χ4n) is 1.69. The van der Waals surface area contributed by atoms with E-state index in [1.54, 1.807) is 6.07 Å². The second kappa shape index (κ2) is 7.22. The molecule has 0 spiro atoms. The van der Waals surface area contributed by atoms with E-state index in [4.69, 9.17) is 27.9 Å². The molecule has 0 radical (unpaired) electrons. The van der Waals surface area contributed by atoms with Gasteiger partial charge in [-0.3, -0.25) is 4.90 Å². The molecule has 0 amide bonds. The van der Waals surface area contributed by atoms with Gasteiger partial charge in [-0.05, 0) is 37.7 Å². The number of hydrogen-bond donors (Lipinski definition) is 0. The van der Waals surface area contributed by atoms with E-state index in [1.807, 2.05) is 12.1 Å². The van der Waals surface area contributed by atoms with Crippen molar-refractivity contribution in [3.8, 4) is 0 Å². The SMILES string of the molecule is CCN(CC)C(C)OCc1ccc(Cl)c(Cl)c1. The molecule has 0 N–H and O–H groups in total. The van der Waals surface area contributed by atoms with Crippen LogP contribution < -0.4 is 0 Å². The average molecular weight is 276 g/mol. The summed E-state index contributed by atoms with van der Waals surface area (Å²) in [5, 5.41) is 1.15. The molecule has 1 rings (SSSR count). The summed E-state index contributed by atoms with van der Waals surface area (Å²) in [6.07, 6.45) is 0.111. The molecule has 17 heavy (non-hydrogen) atoms. The summed E-state index contributed by atoms with van der Waals surface area (Å²) in [6, 6.07) is 5.58. The molecule has 1 atom stereocenters. The number of rotatable bonds is 6. The van der Waals surface area contributed by atoms with Gasteiger partial charge in [0.25, 0.3) is 0 Å². The monoisotopic (exact) mass is 275 g/mol. The van der Waals surface area contributed by atoms with E-state index < -0.39 is 0 Å². The lowest BCUT2D eigenvalue weighted by molar-refractivity contribution is -0.0521. The third kappa shape index (κ3) is 4.47. The van der Waals surface area contributed by atoms with Gasteiger partial charge in [-0.25, -0.2) is 0 Å². The number of halogens is 2. The van der Waals surface area contributed by atoms with Crippen molar-refractivity contribution in [1.29, 1.82) is 0 Å². The summed E-state index contributed by atoms with van der Waals surface area (Å²) < 4.78 is 5.79. The number of ether oxygens (including phenoxy) is 1. The summed E-state index contributed by atoms with van der Waals surface area (Å²) in [5.74, 6) is 0. The third-order valence-electron chi connectivity index (χ3n) is 2.80. The zero-order chi connectivity index (χ0) is 12.8. The summed E-state index contributed by atoms with van der Waals surface area (Å²) in [7, 11) is 0. The van der Waals surface area contributed by atoms with E-state index in [0.29, 0.717) is 16.7 Å². The van der Waals surface area contributed by atoms with Gasteiger partial charge in [0, 0.05) is 0 Å². The fourth-order valence-corrected chi connectivity index (χ4v) is 2.01. The first-order valence-electron chi connectivity index (χ1n) is 5.88. The van der Waals surface area contributed by atoms with Crippen molar-refractivity contribution in [2.45, 2.75) is 33.6 Å². The van der Waals surface area contributed by atoms with Crippen molar-refractivity contribution < 1.29 is 4.74 Å². The molecule has 1 aromatic carbocycles. The van der Waals surface area contributed by atoms with E-state index in [9.17, 15) is 0 Å². The van der Waals surface area contributed by atoms with E-state index in [0.717, 1.165) is 18.7 Å². The molecule has 0 aromatic heterocycles. The molecule has 0 saturated heterocycles. The lowest BCUT2D eigenvalue weighted by atomic mass is 10.2. The Morgan fingerprint density at radius 1 is 1.18 bits per heavy atom. The molecule has 0 aliphatic carbocycles. The highest BCUT2D eigenvalue weighted by Gasteiger charge is 2.10. The van der Waals surface area contributed by atoms with Gasteiger partial charge in [0.15, 0.2) is 0 Å². The average Bonchev–Trinajstić information content (AvgIpc) is 2.32. The van der Waals surface area contributed by atoms with Gasteiger partial charge in [-0.1, -0.05) is 43.1 Å². The summed E-state index contributed by atoms with van der Waals surface area (Å²) in [6.45, 7) is 8.84. The molecule has 1 aromatic rings. The number of benzene rings is 1.